The summed E-state index contributed by atoms with van der Waals surface area (Å²) in [7, 11) is 0. The number of aliphatic hydroxyl groups excluding tert-OH is 1. The first-order valence-electron chi connectivity index (χ1n) is 8.53. The van der Waals surface area contributed by atoms with Crippen LogP contribution in [0.5, 0.6) is 0 Å². The smallest absolute Gasteiger partial charge is 0.225 e. The van der Waals surface area contributed by atoms with Gasteiger partial charge in [0.1, 0.15) is 6.10 Å². The predicted molar refractivity (Wildman–Crippen MR) is 90.7 cm³/mol. The number of thiophene rings is 1. The zero-order valence-electron chi connectivity index (χ0n) is 13.7. The van der Waals surface area contributed by atoms with Crippen LogP contribution < -0.4 is 0 Å². The highest BCUT2D eigenvalue weighted by molar-refractivity contribution is 7.10. The summed E-state index contributed by atoms with van der Waals surface area (Å²) in [5.74, 6) is 0.187. The highest BCUT2D eigenvalue weighted by Gasteiger charge is 2.28. The molecule has 1 aromatic rings. The molecule has 1 amide bonds. The zero-order valence-corrected chi connectivity index (χ0v) is 14.6. The summed E-state index contributed by atoms with van der Waals surface area (Å²) in [6.45, 7) is 6.61. The topological polar surface area (TPSA) is 53.0 Å². The van der Waals surface area contributed by atoms with Crippen LogP contribution in [0, 0.1) is 0 Å². The molecule has 0 unspecified atom stereocenters. The number of rotatable bonds is 5. The van der Waals surface area contributed by atoms with Gasteiger partial charge in [-0.2, -0.15) is 0 Å². The number of ether oxygens (including phenoxy) is 1. The molecule has 2 aliphatic rings. The summed E-state index contributed by atoms with van der Waals surface area (Å²) in [4.78, 5) is 18.0. The molecule has 0 saturated carbocycles. The number of amides is 1. The molecule has 1 N–H and O–H groups in total. The van der Waals surface area contributed by atoms with E-state index in [9.17, 15) is 9.90 Å². The lowest BCUT2D eigenvalue weighted by molar-refractivity contribution is -0.136. The van der Waals surface area contributed by atoms with Crippen LogP contribution in [0.25, 0.3) is 0 Å². The zero-order chi connectivity index (χ0) is 16.2. The molecule has 0 spiro atoms. The summed E-state index contributed by atoms with van der Waals surface area (Å²) in [5, 5.41) is 11.8. The van der Waals surface area contributed by atoms with Crippen LogP contribution in [0.3, 0.4) is 0 Å². The second-order valence-corrected chi connectivity index (χ2v) is 7.31. The number of fused-ring (bicyclic) bond motifs is 1. The van der Waals surface area contributed by atoms with E-state index >= 15 is 0 Å². The van der Waals surface area contributed by atoms with Crippen molar-refractivity contribution in [3.05, 3.63) is 21.9 Å². The number of nitrogens with zero attached hydrogens (tertiary/aromatic N) is 2. The van der Waals surface area contributed by atoms with E-state index in [0.29, 0.717) is 19.6 Å². The molecule has 1 saturated heterocycles. The fourth-order valence-corrected chi connectivity index (χ4v) is 4.27. The SMILES string of the molecule is CC[C@@H](O)CN1CCN(C(=O)C[C@H]2OCCc3ccsc32)CC1. The van der Waals surface area contributed by atoms with E-state index in [0.717, 1.165) is 39.0 Å². The van der Waals surface area contributed by atoms with Gasteiger partial charge in [0.05, 0.1) is 19.1 Å². The third-order valence-corrected chi connectivity index (χ3v) is 5.84. The largest absolute Gasteiger partial charge is 0.392 e. The lowest BCUT2D eigenvalue weighted by Crippen LogP contribution is -2.50. The first kappa shape index (κ1) is 16.9. The summed E-state index contributed by atoms with van der Waals surface area (Å²) in [6.07, 6.45) is 1.87. The molecule has 1 fully saturated rings. The Morgan fingerprint density at radius 1 is 1.43 bits per heavy atom. The Bertz CT molecular complexity index is 526. The van der Waals surface area contributed by atoms with E-state index in [1.54, 1.807) is 11.3 Å². The summed E-state index contributed by atoms with van der Waals surface area (Å²) in [6, 6.07) is 2.15. The number of hydrogen-bond acceptors (Lipinski definition) is 5. The van der Waals surface area contributed by atoms with Gasteiger partial charge in [-0.3, -0.25) is 9.69 Å². The first-order valence-corrected chi connectivity index (χ1v) is 9.41. The minimum absolute atomic E-state index is 0.0637. The molecule has 3 heterocycles. The minimum Gasteiger partial charge on any atom is -0.392 e. The molecule has 2 aliphatic heterocycles. The summed E-state index contributed by atoms with van der Waals surface area (Å²) < 4.78 is 5.83. The van der Waals surface area contributed by atoms with Crippen molar-refractivity contribution in [1.29, 1.82) is 0 Å². The van der Waals surface area contributed by atoms with Crippen molar-refractivity contribution >= 4 is 17.2 Å². The highest BCUT2D eigenvalue weighted by atomic mass is 32.1. The van der Waals surface area contributed by atoms with Gasteiger partial charge in [-0.05, 0) is 29.9 Å². The van der Waals surface area contributed by atoms with E-state index in [4.69, 9.17) is 4.74 Å². The van der Waals surface area contributed by atoms with Crippen molar-refractivity contribution in [2.24, 2.45) is 0 Å². The van der Waals surface area contributed by atoms with Crippen LogP contribution in [0.4, 0.5) is 0 Å². The Balaban J connectivity index is 1.49. The molecular formula is C17H26N2O3S. The minimum atomic E-state index is -0.259. The van der Waals surface area contributed by atoms with Gasteiger partial charge < -0.3 is 14.7 Å². The van der Waals surface area contributed by atoms with Gasteiger partial charge in [0.2, 0.25) is 5.91 Å². The maximum atomic E-state index is 12.6. The highest BCUT2D eigenvalue weighted by Crippen LogP contribution is 2.34. The van der Waals surface area contributed by atoms with E-state index in [-0.39, 0.29) is 18.1 Å². The molecular weight excluding hydrogens is 312 g/mol. The van der Waals surface area contributed by atoms with E-state index in [2.05, 4.69) is 16.3 Å². The molecule has 2 atom stereocenters. The van der Waals surface area contributed by atoms with Crippen molar-refractivity contribution in [3.63, 3.8) is 0 Å². The molecule has 5 nitrogen and oxygen atoms in total. The molecule has 6 heteroatoms. The third-order valence-electron chi connectivity index (χ3n) is 4.79. The third kappa shape index (κ3) is 4.12. The molecule has 0 aliphatic carbocycles. The number of carbonyl (C=O) groups excluding carboxylic acids is 1. The van der Waals surface area contributed by atoms with E-state index in [1.807, 2.05) is 11.8 Å². The lowest BCUT2D eigenvalue weighted by atomic mass is 10.0. The second kappa shape index (κ2) is 7.75. The van der Waals surface area contributed by atoms with Gasteiger partial charge in [0, 0.05) is 37.6 Å². The molecule has 0 aromatic carbocycles. The van der Waals surface area contributed by atoms with Crippen LogP contribution in [-0.4, -0.2) is 66.2 Å². The predicted octanol–water partition coefficient (Wildman–Crippen LogP) is 1.67. The van der Waals surface area contributed by atoms with Crippen LogP contribution in [0.15, 0.2) is 11.4 Å². The molecule has 3 rings (SSSR count). The number of hydrogen-bond donors (Lipinski definition) is 1. The van der Waals surface area contributed by atoms with Crippen LogP contribution in [0.2, 0.25) is 0 Å². The van der Waals surface area contributed by atoms with Crippen molar-refractivity contribution in [2.45, 2.75) is 38.4 Å². The van der Waals surface area contributed by atoms with Gasteiger partial charge in [0.25, 0.3) is 0 Å². The standard InChI is InChI=1S/C17H26N2O3S/c1-2-14(20)12-18-5-7-19(8-6-18)16(21)11-15-17-13(3-9-22-15)4-10-23-17/h4,10,14-15,20H,2-3,5-9,11-12H2,1H3/t14-,15-/m1/s1. The molecule has 23 heavy (non-hydrogen) atoms. The summed E-state index contributed by atoms with van der Waals surface area (Å²) in [5.41, 5.74) is 1.34. The number of β-amino-alcohol motifs (C(OH)–C–C–N with tert-alkyl or cyclic N) is 1. The fourth-order valence-electron chi connectivity index (χ4n) is 3.27. The Morgan fingerprint density at radius 3 is 2.96 bits per heavy atom. The molecule has 1 aromatic heterocycles. The van der Waals surface area contributed by atoms with Gasteiger partial charge in [0.15, 0.2) is 0 Å². The number of aliphatic hydroxyl groups is 1. The normalized spacial score (nSPS) is 23.6. The van der Waals surface area contributed by atoms with Crippen molar-refractivity contribution in [2.75, 3.05) is 39.3 Å². The molecule has 0 bridgehead atoms. The number of carbonyl (C=O) groups is 1. The fraction of sp³-hybridized carbons (Fsp3) is 0.706. The monoisotopic (exact) mass is 338 g/mol. The van der Waals surface area contributed by atoms with E-state index in [1.165, 1.54) is 10.4 Å². The Labute approximate surface area is 141 Å². The van der Waals surface area contributed by atoms with Crippen molar-refractivity contribution < 1.29 is 14.6 Å². The second-order valence-electron chi connectivity index (χ2n) is 6.37. The maximum Gasteiger partial charge on any atom is 0.225 e. The molecule has 128 valence electrons. The first-order chi connectivity index (χ1) is 11.2. The average Bonchev–Trinajstić information content (AvgIpc) is 3.05. The van der Waals surface area contributed by atoms with Gasteiger partial charge >= 0.3 is 0 Å². The molecule has 0 radical (unpaired) electrons. The van der Waals surface area contributed by atoms with E-state index < -0.39 is 0 Å². The quantitative estimate of drug-likeness (QED) is 0.887. The maximum absolute atomic E-state index is 12.6. The number of piperazine rings is 1. The van der Waals surface area contributed by atoms with Gasteiger partial charge in [-0.25, -0.2) is 0 Å². The average molecular weight is 338 g/mol. The Morgan fingerprint density at radius 2 is 2.22 bits per heavy atom. The van der Waals surface area contributed by atoms with Crippen LogP contribution in [0.1, 0.15) is 36.3 Å². The van der Waals surface area contributed by atoms with Crippen LogP contribution >= 0.6 is 11.3 Å². The van der Waals surface area contributed by atoms with Crippen molar-refractivity contribution in [1.82, 2.24) is 9.80 Å². The Kier molecular flexibility index (Phi) is 5.69. The Hall–Kier alpha value is -0.950. The van der Waals surface area contributed by atoms with Crippen molar-refractivity contribution in [3.8, 4) is 0 Å². The van der Waals surface area contributed by atoms with Crippen LogP contribution in [-0.2, 0) is 16.0 Å². The lowest BCUT2D eigenvalue weighted by Gasteiger charge is -2.36. The van der Waals surface area contributed by atoms with Gasteiger partial charge in [-0.1, -0.05) is 6.92 Å². The summed E-state index contributed by atoms with van der Waals surface area (Å²) >= 11 is 1.70. The van der Waals surface area contributed by atoms with Gasteiger partial charge in [-0.15, -0.1) is 11.3 Å².